The second kappa shape index (κ2) is 9.18. The molecule has 4 rings (SSSR count). The van der Waals surface area contributed by atoms with Crippen molar-refractivity contribution in [2.45, 2.75) is 35.9 Å². The number of ether oxygens (including phenoxy) is 2. The van der Waals surface area contributed by atoms with Gasteiger partial charge >= 0.3 is 0 Å². The fourth-order valence-corrected chi connectivity index (χ4v) is 7.26. The number of rotatable bonds is 6. The van der Waals surface area contributed by atoms with E-state index in [1.54, 1.807) is 31.7 Å². The summed E-state index contributed by atoms with van der Waals surface area (Å²) in [6, 6.07) is 8.91. The zero-order valence-corrected chi connectivity index (χ0v) is 19.5. The zero-order chi connectivity index (χ0) is 22.0. The number of thiophene rings is 1. The summed E-state index contributed by atoms with van der Waals surface area (Å²) in [7, 11) is -0.305. The standard InChI is InChI=1S/C22H28N2O5S2/c1-28-17-9-10-20(29-2)18(14-17)19-7-4-12-24(19)22(25)16-6-3-11-23(15-16)31(26,27)21-8-5-13-30-21/h5,8-10,13-14,16,19H,3-4,6-7,11-12,15H2,1-2H3/t16-,19+/m0/s1. The molecule has 0 unspecified atom stereocenters. The summed E-state index contributed by atoms with van der Waals surface area (Å²) in [6.07, 6.45) is 3.13. The van der Waals surface area contributed by atoms with E-state index < -0.39 is 10.0 Å². The van der Waals surface area contributed by atoms with Crippen LogP contribution in [0.4, 0.5) is 0 Å². The van der Waals surface area contributed by atoms with Crippen LogP contribution in [0.25, 0.3) is 0 Å². The van der Waals surface area contributed by atoms with Gasteiger partial charge in [-0.3, -0.25) is 4.79 Å². The number of hydrogen-bond donors (Lipinski definition) is 0. The normalized spacial score (nSPS) is 22.5. The molecular weight excluding hydrogens is 436 g/mol. The summed E-state index contributed by atoms with van der Waals surface area (Å²) in [5.74, 6) is 1.15. The highest BCUT2D eigenvalue weighted by atomic mass is 32.2. The molecule has 31 heavy (non-hydrogen) atoms. The number of carbonyl (C=O) groups is 1. The third-order valence-corrected chi connectivity index (χ3v) is 9.39. The van der Waals surface area contributed by atoms with E-state index in [1.807, 2.05) is 23.1 Å². The molecule has 2 aromatic rings. The molecule has 0 aliphatic carbocycles. The van der Waals surface area contributed by atoms with Gasteiger partial charge in [0.2, 0.25) is 5.91 Å². The molecule has 1 aromatic heterocycles. The minimum absolute atomic E-state index is 0.0263. The number of carbonyl (C=O) groups excluding carboxylic acids is 1. The van der Waals surface area contributed by atoms with Crippen LogP contribution in [-0.4, -0.2) is 57.4 Å². The quantitative estimate of drug-likeness (QED) is 0.654. The van der Waals surface area contributed by atoms with Crippen LogP contribution in [0.5, 0.6) is 11.5 Å². The Kier molecular flexibility index (Phi) is 6.55. The lowest BCUT2D eigenvalue weighted by Crippen LogP contribution is -2.46. The lowest BCUT2D eigenvalue weighted by atomic mass is 9.96. The van der Waals surface area contributed by atoms with Crippen LogP contribution < -0.4 is 9.47 Å². The Morgan fingerprint density at radius 2 is 1.90 bits per heavy atom. The van der Waals surface area contributed by atoms with Gasteiger partial charge in [0.15, 0.2) is 0 Å². The van der Waals surface area contributed by atoms with Gasteiger partial charge in [-0.1, -0.05) is 6.07 Å². The van der Waals surface area contributed by atoms with Crippen LogP contribution in [0.1, 0.15) is 37.3 Å². The van der Waals surface area contributed by atoms with Gasteiger partial charge in [-0.25, -0.2) is 8.42 Å². The highest BCUT2D eigenvalue weighted by Gasteiger charge is 2.39. The topological polar surface area (TPSA) is 76.2 Å². The molecule has 2 atom stereocenters. The van der Waals surface area contributed by atoms with E-state index in [9.17, 15) is 13.2 Å². The first-order valence-electron chi connectivity index (χ1n) is 10.5. The fraction of sp³-hybridized carbons (Fsp3) is 0.500. The minimum atomic E-state index is -3.55. The van der Waals surface area contributed by atoms with Gasteiger partial charge in [0.05, 0.1) is 26.2 Å². The highest BCUT2D eigenvalue weighted by Crippen LogP contribution is 2.40. The van der Waals surface area contributed by atoms with Crippen LogP contribution in [0, 0.1) is 5.92 Å². The Morgan fingerprint density at radius 1 is 1.10 bits per heavy atom. The highest BCUT2D eigenvalue weighted by molar-refractivity contribution is 7.91. The maximum absolute atomic E-state index is 13.5. The molecule has 9 heteroatoms. The zero-order valence-electron chi connectivity index (χ0n) is 17.8. The third kappa shape index (κ3) is 4.31. The summed E-state index contributed by atoms with van der Waals surface area (Å²) in [4.78, 5) is 15.4. The number of hydrogen-bond acceptors (Lipinski definition) is 6. The molecule has 3 heterocycles. The molecule has 168 valence electrons. The maximum Gasteiger partial charge on any atom is 0.252 e. The average molecular weight is 465 g/mol. The van der Waals surface area contributed by atoms with Crippen LogP contribution in [-0.2, 0) is 14.8 Å². The molecule has 2 fully saturated rings. The van der Waals surface area contributed by atoms with E-state index in [2.05, 4.69) is 0 Å². The first kappa shape index (κ1) is 22.1. The summed E-state index contributed by atoms with van der Waals surface area (Å²) >= 11 is 1.21. The lowest BCUT2D eigenvalue weighted by Gasteiger charge is -2.35. The molecule has 2 aliphatic heterocycles. The van der Waals surface area contributed by atoms with Crippen molar-refractivity contribution in [1.29, 1.82) is 0 Å². The maximum atomic E-state index is 13.5. The Hall–Kier alpha value is -2.10. The van der Waals surface area contributed by atoms with Gasteiger partial charge in [-0.2, -0.15) is 4.31 Å². The molecule has 2 aliphatic rings. The van der Waals surface area contributed by atoms with Crippen LogP contribution in [0.3, 0.4) is 0 Å². The van der Waals surface area contributed by atoms with Crippen molar-refractivity contribution in [2.24, 2.45) is 5.92 Å². The Morgan fingerprint density at radius 3 is 2.61 bits per heavy atom. The van der Waals surface area contributed by atoms with E-state index in [0.717, 1.165) is 29.9 Å². The van der Waals surface area contributed by atoms with E-state index >= 15 is 0 Å². The number of amides is 1. The van der Waals surface area contributed by atoms with Gasteiger partial charge in [0, 0.05) is 25.2 Å². The van der Waals surface area contributed by atoms with E-state index in [-0.39, 0.29) is 24.4 Å². The molecule has 0 saturated carbocycles. The molecular formula is C22H28N2O5S2. The van der Waals surface area contributed by atoms with Crippen LogP contribution >= 0.6 is 11.3 Å². The Balaban J connectivity index is 1.55. The Bertz CT molecular complexity index is 1020. The average Bonchev–Trinajstić information content (AvgIpc) is 3.51. The number of benzene rings is 1. The second-order valence-corrected chi connectivity index (χ2v) is 11.0. The smallest absolute Gasteiger partial charge is 0.252 e. The molecule has 1 amide bonds. The van der Waals surface area contributed by atoms with Gasteiger partial charge in [0.25, 0.3) is 10.0 Å². The predicted molar refractivity (Wildman–Crippen MR) is 119 cm³/mol. The van der Waals surface area contributed by atoms with Gasteiger partial charge in [0.1, 0.15) is 15.7 Å². The molecule has 1 aromatic carbocycles. The van der Waals surface area contributed by atoms with Crippen LogP contribution in [0.2, 0.25) is 0 Å². The van der Waals surface area contributed by atoms with Crippen molar-refractivity contribution in [3.63, 3.8) is 0 Å². The molecule has 2 saturated heterocycles. The summed E-state index contributed by atoms with van der Waals surface area (Å²) in [5, 5.41) is 1.76. The first-order chi connectivity index (χ1) is 15.0. The van der Waals surface area contributed by atoms with Crippen LogP contribution in [0.15, 0.2) is 39.9 Å². The first-order valence-corrected chi connectivity index (χ1v) is 12.8. The van der Waals surface area contributed by atoms with Crippen molar-refractivity contribution in [3.8, 4) is 11.5 Å². The van der Waals surface area contributed by atoms with Crippen molar-refractivity contribution in [2.75, 3.05) is 33.9 Å². The Labute approximate surface area is 187 Å². The lowest BCUT2D eigenvalue weighted by molar-refractivity contribution is -0.137. The molecule has 0 N–H and O–H groups in total. The fourth-order valence-electron chi connectivity index (χ4n) is 4.59. The largest absolute Gasteiger partial charge is 0.497 e. The van der Waals surface area contributed by atoms with Gasteiger partial charge in [-0.15, -0.1) is 11.3 Å². The van der Waals surface area contributed by atoms with Crippen molar-refractivity contribution in [1.82, 2.24) is 9.21 Å². The molecule has 0 radical (unpaired) electrons. The second-order valence-electron chi connectivity index (χ2n) is 7.93. The number of sulfonamides is 1. The monoisotopic (exact) mass is 464 g/mol. The molecule has 0 spiro atoms. The summed E-state index contributed by atoms with van der Waals surface area (Å²) < 4.78 is 38.7. The van der Waals surface area contributed by atoms with E-state index in [4.69, 9.17) is 9.47 Å². The third-order valence-electron chi connectivity index (χ3n) is 6.15. The number of piperidine rings is 1. The molecule has 7 nitrogen and oxygen atoms in total. The van der Waals surface area contributed by atoms with Gasteiger partial charge < -0.3 is 14.4 Å². The number of nitrogens with zero attached hydrogens (tertiary/aromatic N) is 2. The van der Waals surface area contributed by atoms with Crippen molar-refractivity contribution < 1.29 is 22.7 Å². The SMILES string of the molecule is COc1ccc(OC)c([C@H]2CCCN2C(=O)[C@H]2CCCN(S(=O)(=O)c3cccs3)C2)c1. The van der Waals surface area contributed by atoms with Crippen molar-refractivity contribution in [3.05, 3.63) is 41.3 Å². The number of likely N-dealkylation sites (tertiary alicyclic amines) is 1. The van der Waals surface area contributed by atoms with Gasteiger partial charge in [-0.05, 0) is 55.3 Å². The summed E-state index contributed by atoms with van der Waals surface area (Å²) in [5.41, 5.74) is 0.937. The van der Waals surface area contributed by atoms with Crippen molar-refractivity contribution >= 4 is 27.3 Å². The predicted octanol–water partition coefficient (Wildman–Crippen LogP) is 3.53. The molecule has 0 bridgehead atoms. The van der Waals surface area contributed by atoms with E-state index in [1.165, 1.54) is 15.6 Å². The van der Waals surface area contributed by atoms with E-state index in [0.29, 0.717) is 30.1 Å². The number of methoxy groups -OCH3 is 2. The minimum Gasteiger partial charge on any atom is -0.497 e. The summed E-state index contributed by atoms with van der Waals surface area (Å²) in [6.45, 7) is 1.35.